The number of hydrogen-bond donors (Lipinski definition) is 3. The van der Waals surface area contributed by atoms with Crippen LogP contribution in [0.25, 0.3) is 0 Å². The zero-order valence-electron chi connectivity index (χ0n) is 11.4. The largest absolute Gasteiger partial charge is 0.372 e. The summed E-state index contributed by atoms with van der Waals surface area (Å²) in [6.45, 7) is 4.52. The van der Waals surface area contributed by atoms with E-state index < -0.39 is 5.91 Å². The fourth-order valence-corrected chi connectivity index (χ4v) is 1.21. The van der Waals surface area contributed by atoms with Crippen molar-refractivity contribution in [3.63, 3.8) is 0 Å². The van der Waals surface area contributed by atoms with Gasteiger partial charge in [-0.2, -0.15) is 0 Å². The van der Waals surface area contributed by atoms with E-state index in [0.29, 0.717) is 18.3 Å². The number of aromatic nitrogens is 2. The Bertz CT molecular complexity index is 430. The molecule has 0 saturated carbocycles. The van der Waals surface area contributed by atoms with E-state index in [-0.39, 0.29) is 18.1 Å². The zero-order chi connectivity index (χ0) is 14.3. The quantitative estimate of drug-likeness (QED) is 0.674. The first-order chi connectivity index (χ1) is 9.02. The van der Waals surface area contributed by atoms with Gasteiger partial charge < -0.3 is 16.0 Å². The van der Waals surface area contributed by atoms with Gasteiger partial charge >= 0.3 is 0 Å². The van der Waals surface area contributed by atoms with Crippen LogP contribution in [0.5, 0.6) is 0 Å². The van der Waals surface area contributed by atoms with Crippen molar-refractivity contribution in [2.75, 3.05) is 25.5 Å². The van der Waals surface area contributed by atoms with Crippen LogP contribution in [-0.4, -0.2) is 41.9 Å². The second-order valence-electron chi connectivity index (χ2n) is 4.42. The van der Waals surface area contributed by atoms with Crippen LogP contribution in [-0.2, 0) is 4.79 Å². The summed E-state index contributed by atoms with van der Waals surface area (Å²) in [5.74, 6) is 0.308. The average molecular weight is 265 g/mol. The lowest BCUT2D eigenvalue weighted by atomic mass is 10.2. The Morgan fingerprint density at radius 2 is 1.95 bits per heavy atom. The van der Waals surface area contributed by atoms with E-state index in [9.17, 15) is 9.59 Å². The molecule has 0 aromatic carbocycles. The molecule has 104 valence electrons. The van der Waals surface area contributed by atoms with Gasteiger partial charge in [0.1, 0.15) is 11.5 Å². The topological polar surface area (TPSA) is 96.0 Å². The van der Waals surface area contributed by atoms with Crippen molar-refractivity contribution in [2.24, 2.45) is 5.92 Å². The van der Waals surface area contributed by atoms with Gasteiger partial charge in [-0.05, 0) is 5.92 Å². The Morgan fingerprint density at radius 3 is 2.47 bits per heavy atom. The molecule has 2 amide bonds. The van der Waals surface area contributed by atoms with Crippen molar-refractivity contribution in [3.05, 3.63) is 18.1 Å². The van der Waals surface area contributed by atoms with Crippen molar-refractivity contribution in [3.8, 4) is 0 Å². The van der Waals surface area contributed by atoms with E-state index in [1.165, 1.54) is 12.4 Å². The number of amides is 2. The number of rotatable bonds is 6. The van der Waals surface area contributed by atoms with Crippen LogP contribution in [0.3, 0.4) is 0 Å². The van der Waals surface area contributed by atoms with Gasteiger partial charge in [0, 0.05) is 13.6 Å². The molecular formula is C12H19N5O2. The van der Waals surface area contributed by atoms with Crippen LogP contribution in [0, 0.1) is 5.92 Å². The zero-order valence-corrected chi connectivity index (χ0v) is 11.4. The third-order valence-corrected chi connectivity index (χ3v) is 2.26. The molecule has 1 aromatic rings. The highest BCUT2D eigenvalue weighted by molar-refractivity contribution is 5.94. The van der Waals surface area contributed by atoms with Gasteiger partial charge in [-0.15, -0.1) is 0 Å². The lowest BCUT2D eigenvalue weighted by Crippen LogP contribution is -2.38. The Kier molecular flexibility index (Phi) is 5.72. The van der Waals surface area contributed by atoms with E-state index in [1.807, 2.05) is 13.8 Å². The monoisotopic (exact) mass is 265 g/mol. The summed E-state index contributed by atoms with van der Waals surface area (Å²) in [7, 11) is 1.71. The molecule has 0 unspecified atom stereocenters. The molecule has 1 aromatic heterocycles. The van der Waals surface area contributed by atoms with Gasteiger partial charge in [-0.3, -0.25) is 9.59 Å². The number of carbonyl (C=O) groups excluding carboxylic acids is 2. The standard InChI is InChI=1S/C12H19N5O2/c1-8(2)4-16-11(18)7-17-12(19)9-5-15-10(13-3)6-14-9/h5-6,8H,4,7H2,1-3H3,(H,13,15)(H,16,18)(H,17,19). The average Bonchev–Trinajstić information content (AvgIpc) is 2.42. The maximum absolute atomic E-state index is 11.7. The SMILES string of the molecule is CNc1cnc(C(=O)NCC(=O)NCC(C)C)cn1. The Morgan fingerprint density at radius 1 is 1.21 bits per heavy atom. The molecule has 0 radical (unpaired) electrons. The van der Waals surface area contributed by atoms with Crippen LogP contribution in [0.2, 0.25) is 0 Å². The van der Waals surface area contributed by atoms with E-state index in [2.05, 4.69) is 25.9 Å². The Labute approximate surface area is 112 Å². The highest BCUT2D eigenvalue weighted by Gasteiger charge is 2.09. The van der Waals surface area contributed by atoms with Gasteiger partial charge in [-0.1, -0.05) is 13.8 Å². The lowest BCUT2D eigenvalue weighted by Gasteiger charge is -2.08. The smallest absolute Gasteiger partial charge is 0.271 e. The Hall–Kier alpha value is -2.18. The van der Waals surface area contributed by atoms with Crippen molar-refractivity contribution >= 4 is 17.6 Å². The number of carbonyl (C=O) groups is 2. The number of hydrogen-bond acceptors (Lipinski definition) is 5. The van der Waals surface area contributed by atoms with Crippen molar-refractivity contribution in [2.45, 2.75) is 13.8 Å². The molecule has 7 nitrogen and oxygen atoms in total. The molecule has 7 heteroatoms. The maximum atomic E-state index is 11.7. The third-order valence-electron chi connectivity index (χ3n) is 2.26. The fourth-order valence-electron chi connectivity index (χ4n) is 1.21. The summed E-state index contributed by atoms with van der Waals surface area (Å²) in [5.41, 5.74) is 0.177. The summed E-state index contributed by atoms with van der Waals surface area (Å²) in [4.78, 5) is 31.0. The molecule has 1 heterocycles. The van der Waals surface area contributed by atoms with Crippen LogP contribution in [0.15, 0.2) is 12.4 Å². The van der Waals surface area contributed by atoms with Crippen molar-refractivity contribution in [1.82, 2.24) is 20.6 Å². The van der Waals surface area contributed by atoms with Crippen LogP contribution < -0.4 is 16.0 Å². The van der Waals surface area contributed by atoms with E-state index in [1.54, 1.807) is 7.05 Å². The molecule has 1 rings (SSSR count). The number of anilines is 1. The van der Waals surface area contributed by atoms with Gasteiger partial charge in [-0.25, -0.2) is 9.97 Å². The maximum Gasteiger partial charge on any atom is 0.271 e. The summed E-state index contributed by atoms with van der Waals surface area (Å²) in [5, 5.41) is 7.99. The second kappa shape index (κ2) is 7.30. The molecule has 0 atom stereocenters. The highest BCUT2D eigenvalue weighted by Crippen LogP contribution is 1.99. The first-order valence-corrected chi connectivity index (χ1v) is 6.07. The first-order valence-electron chi connectivity index (χ1n) is 6.07. The number of nitrogens with one attached hydrogen (secondary N) is 3. The molecule has 0 spiro atoms. The van der Waals surface area contributed by atoms with E-state index >= 15 is 0 Å². The fraction of sp³-hybridized carbons (Fsp3) is 0.500. The summed E-state index contributed by atoms with van der Waals surface area (Å²) >= 11 is 0. The predicted molar refractivity (Wildman–Crippen MR) is 71.8 cm³/mol. The van der Waals surface area contributed by atoms with E-state index in [0.717, 1.165) is 0 Å². The van der Waals surface area contributed by atoms with Crippen LogP contribution in [0.1, 0.15) is 24.3 Å². The molecule has 3 N–H and O–H groups in total. The minimum atomic E-state index is -0.421. The molecule has 0 bridgehead atoms. The van der Waals surface area contributed by atoms with E-state index in [4.69, 9.17) is 0 Å². The molecule has 0 aliphatic rings. The molecule has 0 aliphatic carbocycles. The van der Waals surface area contributed by atoms with Gasteiger partial charge in [0.05, 0.1) is 18.9 Å². The first kappa shape index (κ1) is 14.9. The van der Waals surface area contributed by atoms with Crippen molar-refractivity contribution < 1.29 is 9.59 Å². The van der Waals surface area contributed by atoms with Crippen LogP contribution in [0.4, 0.5) is 5.82 Å². The minimum Gasteiger partial charge on any atom is -0.372 e. The molecular weight excluding hydrogens is 246 g/mol. The summed E-state index contributed by atoms with van der Waals surface area (Å²) < 4.78 is 0. The third kappa shape index (κ3) is 5.33. The molecule has 0 saturated heterocycles. The van der Waals surface area contributed by atoms with Gasteiger partial charge in [0.15, 0.2) is 0 Å². The molecule has 19 heavy (non-hydrogen) atoms. The van der Waals surface area contributed by atoms with Crippen molar-refractivity contribution in [1.29, 1.82) is 0 Å². The minimum absolute atomic E-state index is 0.0684. The predicted octanol–water partition coefficient (Wildman–Crippen LogP) is 0.0203. The molecule has 0 aliphatic heterocycles. The molecule has 0 fully saturated rings. The Balaban J connectivity index is 2.40. The highest BCUT2D eigenvalue weighted by atomic mass is 16.2. The van der Waals surface area contributed by atoms with Crippen LogP contribution >= 0.6 is 0 Å². The summed E-state index contributed by atoms with van der Waals surface area (Å²) in [6.07, 6.45) is 2.81. The van der Waals surface area contributed by atoms with Gasteiger partial charge in [0.2, 0.25) is 5.91 Å². The number of nitrogens with zero attached hydrogens (tertiary/aromatic N) is 2. The second-order valence-corrected chi connectivity index (χ2v) is 4.42. The lowest BCUT2D eigenvalue weighted by molar-refractivity contribution is -0.120. The normalized spacial score (nSPS) is 10.1. The van der Waals surface area contributed by atoms with Gasteiger partial charge in [0.25, 0.3) is 5.91 Å². The summed E-state index contributed by atoms with van der Waals surface area (Å²) in [6, 6.07) is 0.